The van der Waals surface area contributed by atoms with Crippen LogP contribution in [0.15, 0.2) is 34.0 Å². The number of halogens is 2. The molecule has 0 unspecified atom stereocenters. The van der Waals surface area contributed by atoms with Crippen molar-refractivity contribution in [3.63, 3.8) is 0 Å². The average molecular weight is 316 g/mol. The number of hydrogen-bond acceptors (Lipinski definition) is 4. The largest absolute Gasteiger partial charge is 0.264 e. The van der Waals surface area contributed by atoms with Crippen molar-refractivity contribution in [3.05, 3.63) is 34.0 Å². The first kappa shape index (κ1) is 9.67. The Kier molecular flexibility index (Phi) is 2.83. The number of rotatable bonds is 1. The second-order valence-corrected chi connectivity index (χ2v) is 3.86. The van der Waals surface area contributed by atoms with Crippen LogP contribution in [0.25, 0.3) is 11.4 Å². The summed E-state index contributed by atoms with van der Waals surface area (Å²) in [7, 11) is 0. The van der Waals surface area contributed by atoms with Gasteiger partial charge in [0, 0.05) is 18.0 Å². The van der Waals surface area contributed by atoms with E-state index in [1.54, 1.807) is 12.4 Å². The van der Waals surface area contributed by atoms with Crippen LogP contribution in [0.5, 0.6) is 0 Å². The maximum absolute atomic E-state index is 4.13. The molecule has 0 N–H and O–H groups in total. The highest BCUT2D eigenvalue weighted by Crippen LogP contribution is 2.16. The van der Waals surface area contributed by atoms with Crippen molar-refractivity contribution in [2.45, 2.75) is 0 Å². The van der Waals surface area contributed by atoms with Crippen molar-refractivity contribution in [1.82, 2.24) is 19.9 Å². The number of hydrogen-bond donors (Lipinski definition) is 0. The molecule has 0 saturated heterocycles. The maximum atomic E-state index is 4.13. The van der Waals surface area contributed by atoms with Crippen molar-refractivity contribution in [3.8, 4) is 11.4 Å². The highest BCUT2D eigenvalue weighted by Gasteiger charge is 2.04. The quantitative estimate of drug-likeness (QED) is 0.811. The Labute approximate surface area is 97.1 Å². The van der Waals surface area contributed by atoms with Crippen LogP contribution in [-0.2, 0) is 0 Å². The molecule has 0 aromatic carbocycles. The molecule has 2 heterocycles. The van der Waals surface area contributed by atoms with Gasteiger partial charge in [-0.2, -0.15) is 4.98 Å². The smallest absolute Gasteiger partial charge is 0.201 e. The third-order valence-electron chi connectivity index (χ3n) is 1.50. The highest BCUT2D eigenvalue weighted by molar-refractivity contribution is 9.11. The van der Waals surface area contributed by atoms with Crippen LogP contribution in [0, 0.1) is 0 Å². The standard InChI is InChI=1S/C8H4Br2N4/c9-7-12-6(13-8(10)14-7)5-2-1-3-11-4-5/h1-4H. The second kappa shape index (κ2) is 4.10. The van der Waals surface area contributed by atoms with Crippen molar-refractivity contribution in [2.75, 3.05) is 0 Å². The Balaban J connectivity index is 2.52. The molecule has 0 saturated carbocycles. The lowest BCUT2D eigenvalue weighted by molar-refractivity contribution is 0.982. The van der Waals surface area contributed by atoms with Gasteiger partial charge in [-0.3, -0.25) is 4.98 Å². The van der Waals surface area contributed by atoms with Crippen LogP contribution < -0.4 is 0 Å². The normalized spacial score (nSPS) is 10.1. The molecule has 0 atom stereocenters. The summed E-state index contributed by atoms with van der Waals surface area (Å²) in [5, 5.41) is 0. The zero-order chi connectivity index (χ0) is 9.97. The van der Waals surface area contributed by atoms with Gasteiger partial charge in [0.1, 0.15) is 0 Å². The molecule has 0 radical (unpaired) electrons. The third kappa shape index (κ3) is 2.13. The summed E-state index contributed by atoms with van der Waals surface area (Å²) >= 11 is 6.40. The second-order valence-electron chi connectivity index (χ2n) is 2.44. The van der Waals surface area contributed by atoms with Gasteiger partial charge in [0.2, 0.25) is 9.47 Å². The summed E-state index contributed by atoms with van der Waals surface area (Å²) in [4.78, 5) is 16.2. The molecular formula is C8H4Br2N4. The Hall–Kier alpha value is -0.880. The van der Waals surface area contributed by atoms with Gasteiger partial charge >= 0.3 is 0 Å². The fourth-order valence-electron chi connectivity index (χ4n) is 0.950. The highest BCUT2D eigenvalue weighted by atomic mass is 79.9. The summed E-state index contributed by atoms with van der Waals surface area (Å²) in [6.07, 6.45) is 3.41. The summed E-state index contributed by atoms with van der Waals surface area (Å²) in [5.74, 6) is 0.590. The van der Waals surface area contributed by atoms with Crippen molar-refractivity contribution >= 4 is 31.9 Å². The van der Waals surface area contributed by atoms with Gasteiger partial charge in [0.25, 0.3) is 0 Å². The van der Waals surface area contributed by atoms with E-state index in [0.717, 1.165) is 5.56 Å². The van der Waals surface area contributed by atoms with E-state index in [1.807, 2.05) is 12.1 Å². The van der Waals surface area contributed by atoms with Crippen molar-refractivity contribution in [1.29, 1.82) is 0 Å². The molecule has 2 aromatic rings. The Morgan fingerprint density at radius 2 is 1.71 bits per heavy atom. The molecule has 6 heteroatoms. The topological polar surface area (TPSA) is 51.6 Å². The van der Waals surface area contributed by atoms with E-state index < -0.39 is 0 Å². The molecule has 14 heavy (non-hydrogen) atoms. The monoisotopic (exact) mass is 314 g/mol. The van der Waals surface area contributed by atoms with Crippen LogP contribution >= 0.6 is 31.9 Å². The van der Waals surface area contributed by atoms with Crippen molar-refractivity contribution in [2.24, 2.45) is 0 Å². The molecule has 0 spiro atoms. The zero-order valence-electron chi connectivity index (χ0n) is 6.85. The van der Waals surface area contributed by atoms with E-state index in [0.29, 0.717) is 15.3 Å². The van der Waals surface area contributed by atoms with Crippen LogP contribution in [0.2, 0.25) is 0 Å². The Bertz CT molecular complexity index is 426. The van der Waals surface area contributed by atoms with Crippen LogP contribution in [-0.4, -0.2) is 19.9 Å². The Morgan fingerprint density at radius 1 is 1.00 bits per heavy atom. The molecule has 0 fully saturated rings. The molecule has 70 valence electrons. The first-order valence-corrected chi connectivity index (χ1v) is 5.32. The summed E-state index contributed by atoms with van der Waals surface area (Å²) in [6, 6.07) is 3.72. The number of nitrogens with zero attached hydrogens (tertiary/aromatic N) is 4. The first-order chi connectivity index (χ1) is 6.75. The first-order valence-electron chi connectivity index (χ1n) is 3.73. The fourth-order valence-corrected chi connectivity index (χ4v) is 1.86. The van der Waals surface area contributed by atoms with E-state index in [2.05, 4.69) is 51.8 Å². The third-order valence-corrected chi connectivity index (χ3v) is 2.21. The number of aromatic nitrogens is 4. The van der Waals surface area contributed by atoms with Gasteiger partial charge in [0.15, 0.2) is 5.82 Å². The lowest BCUT2D eigenvalue weighted by atomic mass is 10.3. The molecule has 0 aliphatic heterocycles. The SMILES string of the molecule is Brc1nc(Br)nc(-c2cccnc2)n1. The summed E-state index contributed by atoms with van der Waals surface area (Å²) in [5.41, 5.74) is 0.858. The van der Waals surface area contributed by atoms with Gasteiger partial charge in [-0.25, -0.2) is 9.97 Å². The van der Waals surface area contributed by atoms with E-state index in [4.69, 9.17) is 0 Å². The minimum absolute atomic E-state index is 0.498. The van der Waals surface area contributed by atoms with Crippen molar-refractivity contribution < 1.29 is 0 Å². The van der Waals surface area contributed by atoms with Crippen LogP contribution in [0.1, 0.15) is 0 Å². The Morgan fingerprint density at radius 3 is 2.29 bits per heavy atom. The molecule has 0 bridgehead atoms. The molecule has 0 aliphatic carbocycles. The molecule has 0 amide bonds. The van der Waals surface area contributed by atoms with Gasteiger partial charge in [-0.05, 0) is 44.0 Å². The molecule has 2 rings (SSSR count). The van der Waals surface area contributed by atoms with Gasteiger partial charge in [-0.1, -0.05) is 0 Å². The molecule has 0 aliphatic rings. The van der Waals surface area contributed by atoms with E-state index in [-0.39, 0.29) is 0 Å². The minimum atomic E-state index is 0.498. The predicted octanol–water partition coefficient (Wildman–Crippen LogP) is 2.46. The zero-order valence-corrected chi connectivity index (χ0v) is 10.0. The average Bonchev–Trinajstić information content (AvgIpc) is 2.18. The lowest BCUT2D eigenvalue weighted by Crippen LogP contribution is -1.94. The van der Waals surface area contributed by atoms with Crippen LogP contribution in [0.3, 0.4) is 0 Å². The molecule has 4 nitrogen and oxygen atoms in total. The number of pyridine rings is 1. The summed E-state index contributed by atoms with van der Waals surface area (Å²) < 4.78 is 0.997. The predicted molar refractivity (Wildman–Crippen MR) is 58.5 cm³/mol. The molecule has 2 aromatic heterocycles. The maximum Gasteiger partial charge on any atom is 0.201 e. The van der Waals surface area contributed by atoms with Crippen LogP contribution in [0.4, 0.5) is 0 Å². The summed E-state index contributed by atoms with van der Waals surface area (Å²) in [6.45, 7) is 0. The van der Waals surface area contributed by atoms with Gasteiger partial charge in [0.05, 0.1) is 0 Å². The van der Waals surface area contributed by atoms with Gasteiger partial charge < -0.3 is 0 Å². The van der Waals surface area contributed by atoms with Gasteiger partial charge in [-0.15, -0.1) is 0 Å². The molecular weight excluding hydrogens is 312 g/mol. The van der Waals surface area contributed by atoms with E-state index in [9.17, 15) is 0 Å². The van der Waals surface area contributed by atoms with E-state index in [1.165, 1.54) is 0 Å². The van der Waals surface area contributed by atoms with E-state index >= 15 is 0 Å². The minimum Gasteiger partial charge on any atom is -0.264 e. The fraction of sp³-hybridized carbons (Fsp3) is 0. The lowest BCUT2D eigenvalue weighted by Gasteiger charge is -1.99.